The Hall–Kier alpha value is -1.02. The third-order valence-corrected chi connectivity index (χ3v) is 3.07. The third-order valence-electron chi connectivity index (χ3n) is 3.07. The Morgan fingerprint density at radius 3 is 2.19 bits per heavy atom. The average molecular weight is 218 g/mol. The number of benzene rings is 1. The minimum atomic E-state index is -0.116. The minimum Gasteiger partial charge on any atom is -0.372 e. The van der Waals surface area contributed by atoms with Gasteiger partial charge in [-0.2, -0.15) is 0 Å². The number of nitrogens with two attached hydrogens (primary N) is 1. The molecule has 88 valence electrons. The molecule has 2 heteroatoms. The van der Waals surface area contributed by atoms with E-state index in [9.17, 15) is 0 Å². The van der Waals surface area contributed by atoms with Crippen molar-refractivity contribution in [2.45, 2.75) is 38.6 Å². The Balaban J connectivity index is 2.04. The molecule has 2 N–H and O–H groups in total. The summed E-state index contributed by atoms with van der Waals surface area (Å²) in [7, 11) is 0. The summed E-state index contributed by atoms with van der Waals surface area (Å²) in [5.41, 5.74) is 8.59. The molecule has 1 saturated heterocycles. The largest absolute Gasteiger partial charge is 0.372 e. The van der Waals surface area contributed by atoms with Crippen molar-refractivity contribution in [3.63, 3.8) is 0 Å². The molecule has 2 rings (SSSR count). The van der Waals surface area contributed by atoms with Gasteiger partial charge >= 0.3 is 0 Å². The van der Waals surface area contributed by atoms with Crippen LogP contribution in [-0.4, -0.2) is 18.6 Å². The Morgan fingerprint density at radius 2 is 1.69 bits per heavy atom. The fourth-order valence-electron chi connectivity index (χ4n) is 2.33. The van der Waals surface area contributed by atoms with Crippen LogP contribution in [0, 0.1) is 0 Å². The maximum Gasteiger partial charge on any atom is 0.0366 e. The molecule has 0 radical (unpaired) electrons. The normalized spacial score (nSPS) is 16.8. The molecule has 1 aliphatic heterocycles. The van der Waals surface area contributed by atoms with Crippen LogP contribution in [0.1, 0.15) is 32.3 Å². The van der Waals surface area contributed by atoms with Gasteiger partial charge in [0.1, 0.15) is 0 Å². The van der Waals surface area contributed by atoms with Crippen molar-refractivity contribution in [1.29, 1.82) is 0 Å². The number of hydrogen-bond acceptors (Lipinski definition) is 2. The Bertz CT molecular complexity index is 329. The van der Waals surface area contributed by atoms with Gasteiger partial charge in [0.15, 0.2) is 0 Å². The number of anilines is 1. The zero-order valence-corrected chi connectivity index (χ0v) is 10.4. The molecule has 16 heavy (non-hydrogen) atoms. The molecule has 2 nitrogen and oxygen atoms in total. The molecule has 1 heterocycles. The molecule has 0 atom stereocenters. The molecule has 0 aliphatic carbocycles. The van der Waals surface area contributed by atoms with E-state index in [2.05, 4.69) is 43.0 Å². The lowest BCUT2D eigenvalue weighted by molar-refractivity contribution is 0.517. The predicted octanol–water partition coefficient (Wildman–Crippen LogP) is 2.57. The molecule has 1 aliphatic rings. The number of rotatable bonds is 3. The van der Waals surface area contributed by atoms with E-state index < -0.39 is 0 Å². The topological polar surface area (TPSA) is 29.3 Å². The zero-order chi connectivity index (χ0) is 11.6. The third kappa shape index (κ3) is 2.99. The summed E-state index contributed by atoms with van der Waals surface area (Å²) in [6.45, 7) is 6.56. The Labute approximate surface area is 98.4 Å². The van der Waals surface area contributed by atoms with Gasteiger partial charge in [0.25, 0.3) is 0 Å². The van der Waals surface area contributed by atoms with Gasteiger partial charge in [-0.1, -0.05) is 12.1 Å². The SMILES string of the molecule is CC(C)(N)Cc1ccc(N2CCCC2)cc1. The van der Waals surface area contributed by atoms with E-state index in [0.717, 1.165) is 6.42 Å². The van der Waals surface area contributed by atoms with Gasteiger partial charge in [-0.25, -0.2) is 0 Å². The molecule has 0 amide bonds. The molecule has 0 aromatic heterocycles. The van der Waals surface area contributed by atoms with Crippen LogP contribution in [-0.2, 0) is 6.42 Å². The zero-order valence-electron chi connectivity index (χ0n) is 10.4. The molecular formula is C14H22N2. The summed E-state index contributed by atoms with van der Waals surface area (Å²) in [6.07, 6.45) is 3.60. The summed E-state index contributed by atoms with van der Waals surface area (Å²) in [4.78, 5) is 2.46. The van der Waals surface area contributed by atoms with Gasteiger partial charge in [-0.05, 0) is 50.8 Å². The summed E-state index contributed by atoms with van der Waals surface area (Å²) in [5, 5.41) is 0. The van der Waals surface area contributed by atoms with E-state index >= 15 is 0 Å². The monoisotopic (exact) mass is 218 g/mol. The van der Waals surface area contributed by atoms with E-state index in [-0.39, 0.29) is 5.54 Å². The Morgan fingerprint density at radius 1 is 1.12 bits per heavy atom. The van der Waals surface area contributed by atoms with Gasteiger partial charge in [-0.15, -0.1) is 0 Å². The Kier molecular flexibility index (Phi) is 3.20. The van der Waals surface area contributed by atoms with Crippen LogP contribution in [0.5, 0.6) is 0 Å². The van der Waals surface area contributed by atoms with E-state index in [4.69, 9.17) is 5.73 Å². The summed E-state index contributed by atoms with van der Waals surface area (Å²) < 4.78 is 0. The first-order valence-electron chi connectivity index (χ1n) is 6.17. The van der Waals surface area contributed by atoms with Gasteiger partial charge in [-0.3, -0.25) is 0 Å². The highest BCUT2D eigenvalue weighted by Crippen LogP contribution is 2.21. The second-order valence-corrected chi connectivity index (χ2v) is 5.53. The fraction of sp³-hybridized carbons (Fsp3) is 0.571. The first kappa shape index (κ1) is 11.5. The van der Waals surface area contributed by atoms with E-state index in [1.807, 2.05) is 0 Å². The van der Waals surface area contributed by atoms with Crippen molar-refractivity contribution in [3.8, 4) is 0 Å². The van der Waals surface area contributed by atoms with Crippen LogP contribution < -0.4 is 10.6 Å². The molecule has 1 aromatic rings. The van der Waals surface area contributed by atoms with Gasteiger partial charge < -0.3 is 10.6 Å². The van der Waals surface area contributed by atoms with Crippen LogP contribution in [0.2, 0.25) is 0 Å². The molecule has 0 unspecified atom stereocenters. The summed E-state index contributed by atoms with van der Waals surface area (Å²) >= 11 is 0. The fourth-order valence-corrected chi connectivity index (χ4v) is 2.33. The van der Waals surface area contributed by atoms with Crippen LogP contribution >= 0.6 is 0 Å². The predicted molar refractivity (Wildman–Crippen MR) is 69.9 cm³/mol. The van der Waals surface area contributed by atoms with Crippen LogP contribution in [0.25, 0.3) is 0 Å². The number of hydrogen-bond donors (Lipinski definition) is 1. The van der Waals surface area contributed by atoms with Crippen molar-refractivity contribution >= 4 is 5.69 Å². The average Bonchev–Trinajstić information content (AvgIpc) is 2.69. The highest BCUT2D eigenvalue weighted by atomic mass is 15.1. The second-order valence-electron chi connectivity index (χ2n) is 5.53. The molecule has 0 saturated carbocycles. The highest BCUT2D eigenvalue weighted by molar-refractivity contribution is 5.48. The quantitative estimate of drug-likeness (QED) is 0.845. The highest BCUT2D eigenvalue weighted by Gasteiger charge is 2.14. The van der Waals surface area contributed by atoms with Crippen molar-refractivity contribution < 1.29 is 0 Å². The first-order chi connectivity index (χ1) is 7.54. The maximum atomic E-state index is 6.02. The van der Waals surface area contributed by atoms with Crippen LogP contribution in [0.15, 0.2) is 24.3 Å². The molecule has 1 fully saturated rings. The van der Waals surface area contributed by atoms with Gasteiger partial charge in [0.2, 0.25) is 0 Å². The van der Waals surface area contributed by atoms with Crippen molar-refractivity contribution in [1.82, 2.24) is 0 Å². The summed E-state index contributed by atoms with van der Waals surface area (Å²) in [5.74, 6) is 0. The molecular weight excluding hydrogens is 196 g/mol. The van der Waals surface area contributed by atoms with Gasteiger partial charge in [0, 0.05) is 24.3 Å². The van der Waals surface area contributed by atoms with Crippen LogP contribution in [0.4, 0.5) is 5.69 Å². The van der Waals surface area contributed by atoms with Crippen LogP contribution in [0.3, 0.4) is 0 Å². The standard InChI is InChI=1S/C14H22N2/c1-14(2,15)11-12-5-7-13(8-6-12)16-9-3-4-10-16/h5-8H,3-4,9-11,15H2,1-2H3. The summed E-state index contributed by atoms with van der Waals surface area (Å²) in [6, 6.07) is 8.88. The van der Waals surface area contributed by atoms with Crippen molar-refractivity contribution in [2.24, 2.45) is 5.73 Å². The number of nitrogens with zero attached hydrogens (tertiary/aromatic N) is 1. The lowest BCUT2D eigenvalue weighted by Crippen LogP contribution is -2.34. The van der Waals surface area contributed by atoms with Gasteiger partial charge in [0.05, 0.1) is 0 Å². The lowest BCUT2D eigenvalue weighted by Gasteiger charge is -2.20. The molecule has 0 bridgehead atoms. The van der Waals surface area contributed by atoms with E-state index in [1.165, 1.54) is 37.2 Å². The van der Waals surface area contributed by atoms with Crippen molar-refractivity contribution in [2.75, 3.05) is 18.0 Å². The molecule has 0 spiro atoms. The second kappa shape index (κ2) is 4.46. The first-order valence-corrected chi connectivity index (χ1v) is 6.17. The maximum absolute atomic E-state index is 6.02. The van der Waals surface area contributed by atoms with E-state index in [0.29, 0.717) is 0 Å². The lowest BCUT2D eigenvalue weighted by atomic mass is 9.96. The van der Waals surface area contributed by atoms with E-state index in [1.54, 1.807) is 0 Å². The van der Waals surface area contributed by atoms with Crippen molar-refractivity contribution in [3.05, 3.63) is 29.8 Å². The minimum absolute atomic E-state index is 0.116. The smallest absolute Gasteiger partial charge is 0.0366 e. The molecule has 1 aromatic carbocycles.